The number of fused-ring (bicyclic) bond motifs is 4. The molecule has 5 saturated heterocycles. The van der Waals surface area contributed by atoms with Crippen LogP contribution in [-0.2, 0) is 16.8 Å². The number of piperidine rings is 5. The monoisotopic (exact) mass is 778 g/mol. The first-order valence-corrected chi connectivity index (χ1v) is 20.5. The van der Waals surface area contributed by atoms with E-state index in [1.165, 1.54) is 12.1 Å². The molecule has 5 N–H and O–H groups in total. The van der Waals surface area contributed by atoms with E-state index < -0.39 is 11.6 Å². The van der Waals surface area contributed by atoms with Gasteiger partial charge in [-0.15, -0.1) is 0 Å². The Labute approximate surface area is 332 Å². The largest absolute Gasteiger partial charge is 0.506 e. The number of hydrogen-bond donors (Lipinski definition) is 5. The van der Waals surface area contributed by atoms with E-state index in [0.29, 0.717) is 80.5 Å². The lowest BCUT2D eigenvalue weighted by Gasteiger charge is -2.46. The quantitative estimate of drug-likeness (QED) is 0.140. The Hall–Kier alpha value is -5.11. The number of urea groups is 1. The molecule has 302 valence electrons. The van der Waals surface area contributed by atoms with E-state index in [4.69, 9.17) is 9.47 Å². The highest BCUT2D eigenvalue weighted by molar-refractivity contribution is 5.87. The molecule has 0 radical (unpaired) electrons. The summed E-state index contributed by atoms with van der Waals surface area (Å²) >= 11 is 0. The minimum Gasteiger partial charge on any atom is -0.506 e. The summed E-state index contributed by atoms with van der Waals surface area (Å²) < 4.78 is 12.2. The number of aromatic hydroxyl groups is 1. The second-order valence-corrected chi connectivity index (χ2v) is 16.2. The van der Waals surface area contributed by atoms with Gasteiger partial charge in [-0.2, -0.15) is 0 Å². The smallest absolute Gasteiger partial charge is 0.408 e. The number of aliphatic hydroxyl groups is 1. The van der Waals surface area contributed by atoms with Crippen molar-refractivity contribution in [3.8, 4) is 11.5 Å². The van der Waals surface area contributed by atoms with Gasteiger partial charge in [0.25, 0.3) is 0 Å². The van der Waals surface area contributed by atoms with Crippen LogP contribution in [0.5, 0.6) is 11.5 Å². The fraction of sp³-hybridized carbons (Fsp3) is 0.477. The number of phenolic OH excluding ortho intramolecular Hbond substituents is 1. The predicted octanol–water partition coefficient (Wildman–Crippen LogP) is 5.08. The third-order valence-electron chi connectivity index (χ3n) is 12.6. The normalized spacial score (nSPS) is 22.6. The zero-order valence-corrected chi connectivity index (χ0v) is 32.4. The van der Waals surface area contributed by atoms with Crippen LogP contribution in [0.1, 0.15) is 61.3 Å². The molecule has 0 unspecified atom stereocenters. The number of alkyl carbamates (subject to hydrolysis) is 1. The number of carbonyl (C=O) groups excluding carboxylic acids is 2. The fourth-order valence-electron chi connectivity index (χ4n) is 9.15. The fourth-order valence-corrected chi connectivity index (χ4v) is 9.15. The molecule has 5 aliphatic rings. The molecule has 5 aliphatic heterocycles. The Morgan fingerprint density at radius 3 is 2.28 bits per heavy atom. The summed E-state index contributed by atoms with van der Waals surface area (Å²) in [5.41, 5.74) is 2.12. The number of likely N-dealkylation sites (tertiary alicyclic amines) is 2. The van der Waals surface area contributed by atoms with Gasteiger partial charge in [-0.3, -0.25) is 9.69 Å². The van der Waals surface area contributed by atoms with Crippen LogP contribution in [0.25, 0.3) is 10.9 Å². The molecule has 6 heterocycles. The number of phenols is 1. The molecule has 5 fully saturated rings. The van der Waals surface area contributed by atoms with E-state index >= 15 is 0 Å². The number of pyridine rings is 1. The summed E-state index contributed by atoms with van der Waals surface area (Å²) in [6.07, 6.45) is 3.91. The Morgan fingerprint density at radius 2 is 1.58 bits per heavy atom. The van der Waals surface area contributed by atoms with Gasteiger partial charge in [-0.25, -0.2) is 9.59 Å². The van der Waals surface area contributed by atoms with Crippen molar-refractivity contribution in [2.75, 3.05) is 59.0 Å². The van der Waals surface area contributed by atoms with E-state index in [2.05, 4.69) is 32.7 Å². The number of aliphatic hydroxyl groups excluding tert-OH is 1. The lowest BCUT2D eigenvalue weighted by molar-refractivity contribution is -0.0366. The van der Waals surface area contributed by atoms with Crippen LogP contribution in [0.15, 0.2) is 83.7 Å². The maximum absolute atomic E-state index is 13.7. The van der Waals surface area contributed by atoms with Crippen molar-refractivity contribution in [1.82, 2.24) is 30.3 Å². The maximum Gasteiger partial charge on any atom is 0.408 e. The molecule has 57 heavy (non-hydrogen) atoms. The van der Waals surface area contributed by atoms with Gasteiger partial charge >= 0.3 is 12.1 Å². The van der Waals surface area contributed by atoms with Crippen LogP contribution in [0.2, 0.25) is 0 Å². The second kappa shape index (κ2) is 17.2. The van der Waals surface area contributed by atoms with E-state index in [0.717, 1.165) is 62.2 Å². The summed E-state index contributed by atoms with van der Waals surface area (Å²) in [5.74, 6) is 1.54. The van der Waals surface area contributed by atoms with E-state index in [9.17, 15) is 24.6 Å². The number of aromatic nitrogens is 1. The highest BCUT2D eigenvalue weighted by Crippen LogP contribution is 2.35. The van der Waals surface area contributed by atoms with Gasteiger partial charge in [0, 0.05) is 57.3 Å². The van der Waals surface area contributed by atoms with Gasteiger partial charge < -0.3 is 45.1 Å². The maximum atomic E-state index is 13.7. The Morgan fingerprint density at radius 1 is 0.860 bits per heavy atom. The molecule has 3 amide bonds. The first-order chi connectivity index (χ1) is 27.7. The van der Waals surface area contributed by atoms with Crippen LogP contribution in [0, 0.1) is 11.8 Å². The third-order valence-corrected chi connectivity index (χ3v) is 12.6. The number of nitrogens with zero attached hydrogens (tertiary/aromatic N) is 3. The van der Waals surface area contributed by atoms with Crippen molar-refractivity contribution in [3.63, 3.8) is 0 Å². The Balaban J connectivity index is 0.765. The molecule has 1 aromatic heterocycles. The molecule has 0 saturated carbocycles. The molecular weight excluding hydrogens is 725 g/mol. The number of rotatable bonds is 11. The van der Waals surface area contributed by atoms with Gasteiger partial charge in [0.05, 0.1) is 23.8 Å². The highest BCUT2D eigenvalue weighted by atomic mass is 16.6. The number of ether oxygens (including phenoxy) is 2. The zero-order chi connectivity index (χ0) is 39.4. The van der Waals surface area contributed by atoms with E-state index in [-0.39, 0.29) is 36.1 Å². The Bertz CT molecular complexity index is 2050. The summed E-state index contributed by atoms with van der Waals surface area (Å²) in [5, 5.41) is 28.2. The van der Waals surface area contributed by atoms with Crippen LogP contribution in [0.4, 0.5) is 9.59 Å². The third kappa shape index (κ3) is 8.90. The minimum absolute atomic E-state index is 0.0382. The van der Waals surface area contributed by atoms with Crippen molar-refractivity contribution in [1.29, 1.82) is 0 Å². The summed E-state index contributed by atoms with van der Waals surface area (Å²) in [7, 11) is 0. The molecule has 2 atom stereocenters. The number of aromatic amines is 1. The molecule has 4 aromatic rings. The Kier molecular flexibility index (Phi) is 11.7. The minimum atomic E-state index is -0.832. The predicted molar refractivity (Wildman–Crippen MR) is 216 cm³/mol. The van der Waals surface area contributed by atoms with Crippen LogP contribution >= 0.6 is 0 Å². The van der Waals surface area contributed by atoms with E-state index in [1.807, 2.05) is 52.3 Å². The first-order valence-electron chi connectivity index (χ1n) is 20.5. The van der Waals surface area contributed by atoms with Crippen molar-refractivity contribution in [2.24, 2.45) is 11.8 Å². The van der Waals surface area contributed by atoms with Gasteiger partial charge in [-0.05, 0) is 104 Å². The number of amides is 3. The number of carbonyl (C=O) groups is 2. The van der Waals surface area contributed by atoms with Crippen LogP contribution in [0.3, 0.4) is 0 Å². The number of nitrogens with one attached hydrogen (secondary N) is 3. The van der Waals surface area contributed by atoms with E-state index in [1.54, 1.807) is 12.1 Å². The average molecular weight is 779 g/mol. The molecule has 13 nitrogen and oxygen atoms in total. The molecular formula is C44H54N6O7. The zero-order valence-electron chi connectivity index (χ0n) is 32.4. The summed E-state index contributed by atoms with van der Waals surface area (Å²) in [6.45, 7) is 6.91. The van der Waals surface area contributed by atoms with Crippen LogP contribution < -0.4 is 20.9 Å². The summed E-state index contributed by atoms with van der Waals surface area (Å²) in [6, 6.07) is 24.2. The van der Waals surface area contributed by atoms with Gasteiger partial charge in [0.1, 0.15) is 17.6 Å². The molecule has 0 aliphatic carbocycles. The van der Waals surface area contributed by atoms with Crippen molar-refractivity contribution >= 4 is 23.0 Å². The van der Waals surface area contributed by atoms with Crippen molar-refractivity contribution in [2.45, 2.75) is 62.8 Å². The molecule has 13 heteroatoms. The lowest BCUT2D eigenvalue weighted by atomic mass is 9.81. The molecule has 3 aromatic carbocycles. The standard InChI is InChI=1S/C44H54N6O7/c51-37-12-10-35(36-11-13-40(53)46-41(36)37)38(52)27-45-26-30-6-8-34(9-7-30)56-29-31-14-22-49(23-15-31)43(55)50-24-18-44(19-25-50,33-4-2-1-3-5-33)47-42(54)57-39-28-48-20-16-32(39)17-21-48/h1-13,31-32,38-39,45,51-52H,14-29H2,(H,46,53)(H,47,54)/t38-,39-/m0/s1. The number of hydrogen-bond acceptors (Lipinski definition) is 9. The molecule has 9 rings (SSSR count). The van der Waals surface area contributed by atoms with Gasteiger partial charge in [0.15, 0.2) is 0 Å². The second-order valence-electron chi connectivity index (χ2n) is 16.2. The van der Waals surface area contributed by atoms with Crippen molar-refractivity contribution < 1.29 is 29.3 Å². The lowest BCUT2D eigenvalue weighted by Crippen LogP contribution is -2.58. The van der Waals surface area contributed by atoms with Crippen LogP contribution in [-0.4, -0.2) is 107 Å². The number of H-pyrrole nitrogens is 1. The number of benzene rings is 3. The first kappa shape index (κ1) is 38.7. The van der Waals surface area contributed by atoms with Gasteiger partial charge in [0.2, 0.25) is 5.56 Å². The SMILES string of the molecule is O=C(NC1(c2ccccc2)CCN(C(=O)N2CCC(COc3ccc(CNC[C@H](O)c4ccc(O)c5[nH]c(=O)ccc45)cc3)CC2)CC1)O[C@H]1CN2CCC1CC2. The van der Waals surface area contributed by atoms with Crippen molar-refractivity contribution in [3.05, 3.63) is 106 Å². The molecule has 0 spiro atoms. The summed E-state index contributed by atoms with van der Waals surface area (Å²) in [4.78, 5) is 47.7. The topological polar surface area (TPSA) is 160 Å². The highest BCUT2D eigenvalue weighted by Gasteiger charge is 2.42. The average Bonchev–Trinajstić information content (AvgIpc) is 3.24. The van der Waals surface area contributed by atoms with Gasteiger partial charge in [-0.1, -0.05) is 48.5 Å². The molecule has 2 bridgehead atoms.